The summed E-state index contributed by atoms with van der Waals surface area (Å²) in [6.45, 7) is 5.91. The molecule has 8 heteroatoms. The number of aryl methyl sites for hydroxylation is 1. The molecule has 7 nitrogen and oxygen atoms in total. The van der Waals surface area contributed by atoms with Crippen LogP contribution >= 0.6 is 0 Å². The maximum Gasteiger partial charge on any atom is 0.243 e. The van der Waals surface area contributed by atoms with Gasteiger partial charge in [0.15, 0.2) is 5.96 Å². The van der Waals surface area contributed by atoms with E-state index in [1.54, 1.807) is 13.2 Å². The fraction of sp³-hybridized carbons (Fsp3) is 0.364. The molecular weight excluding hydrogens is 387 g/mol. The van der Waals surface area contributed by atoms with Gasteiger partial charge in [-0.1, -0.05) is 18.2 Å². The number of halogens is 1. The van der Waals surface area contributed by atoms with Crippen molar-refractivity contribution in [1.29, 1.82) is 0 Å². The van der Waals surface area contributed by atoms with E-state index in [2.05, 4.69) is 20.9 Å². The molecular formula is C22H29FN4O3. The van der Waals surface area contributed by atoms with Gasteiger partial charge in [0.1, 0.15) is 18.2 Å². The molecule has 2 aromatic rings. The van der Waals surface area contributed by atoms with E-state index in [-0.39, 0.29) is 12.5 Å². The Morgan fingerprint density at radius 2 is 1.97 bits per heavy atom. The van der Waals surface area contributed by atoms with Gasteiger partial charge in [-0.05, 0) is 43.7 Å². The van der Waals surface area contributed by atoms with E-state index in [4.69, 9.17) is 9.47 Å². The highest BCUT2D eigenvalue weighted by Gasteiger charge is 2.07. The zero-order valence-electron chi connectivity index (χ0n) is 17.6. The van der Waals surface area contributed by atoms with Crippen LogP contribution in [0.2, 0.25) is 0 Å². The van der Waals surface area contributed by atoms with Gasteiger partial charge in [0.05, 0.1) is 19.7 Å². The predicted octanol–water partition coefficient (Wildman–Crippen LogP) is 2.85. The largest absolute Gasteiger partial charge is 0.491 e. The topological polar surface area (TPSA) is 84.0 Å². The predicted molar refractivity (Wildman–Crippen MR) is 116 cm³/mol. The fourth-order valence-corrected chi connectivity index (χ4v) is 2.60. The molecule has 0 aliphatic heterocycles. The lowest BCUT2D eigenvalue weighted by molar-refractivity contribution is -0.115. The Kier molecular flexibility index (Phi) is 9.60. The van der Waals surface area contributed by atoms with Crippen LogP contribution in [0.1, 0.15) is 18.1 Å². The Morgan fingerprint density at radius 3 is 2.70 bits per heavy atom. The van der Waals surface area contributed by atoms with Gasteiger partial charge in [0.2, 0.25) is 5.91 Å². The van der Waals surface area contributed by atoms with E-state index >= 15 is 0 Å². The molecule has 2 rings (SSSR count). The molecule has 0 unspecified atom stereocenters. The average Bonchev–Trinajstić information content (AvgIpc) is 2.71. The van der Waals surface area contributed by atoms with Crippen LogP contribution in [0.15, 0.2) is 47.5 Å². The normalized spacial score (nSPS) is 11.1. The monoisotopic (exact) mass is 416 g/mol. The summed E-state index contributed by atoms with van der Waals surface area (Å²) in [5, 5.41) is 8.73. The van der Waals surface area contributed by atoms with Crippen molar-refractivity contribution in [2.45, 2.75) is 20.4 Å². The first-order chi connectivity index (χ1) is 14.5. The maximum absolute atomic E-state index is 13.2. The second kappa shape index (κ2) is 12.4. The third-order valence-corrected chi connectivity index (χ3v) is 4.04. The first kappa shape index (κ1) is 23.2. The van der Waals surface area contributed by atoms with Crippen molar-refractivity contribution in [2.75, 3.05) is 38.7 Å². The van der Waals surface area contributed by atoms with Crippen LogP contribution in [0.5, 0.6) is 5.75 Å². The van der Waals surface area contributed by atoms with Gasteiger partial charge >= 0.3 is 0 Å². The van der Waals surface area contributed by atoms with Gasteiger partial charge in [0.25, 0.3) is 0 Å². The number of anilines is 1. The molecule has 0 aromatic heterocycles. The quantitative estimate of drug-likeness (QED) is 0.315. The van der Waals surface area contributed by atoms with Crippen LogP contribution in [0.4, 0.5) is 10.1 Å². The van der Waals surface area contributed by atoms with Crippen LogP contribution in [-0.2, 0) is 16.1 Å². The molecule has 0 spiro atoms. The lowest BCUT2D eigenvalue weighted by atomic mass is 10.1. The molecule has 0 bridgehead atoms. The Hall–Kier alpha value is -3.13. The Morgan fingerprint density at radius 1 is 1.13 bits per heavy atom. The van der Waals surface area contributed by atoms with Crippen LogP contribution in [0.25, 0.3) is 0 Å². The third-order valence-electron chi connectivity index (χ3n) is 4.04. The summed E-state index contributed by atoms with van der Waals surface area (Å²) >= 11 is 0. The minimum atomic E-state index is -0.405. The SMILES string of the molecule is CCNC(=NCc1ccc(C)cc1OCCOC)NCC(=O)Nc1cccc(F)c1. The number of carbonyl (C=O) groups is 1. The van der Waals surface area contributed by atoms with E-state index in [1.807, 2.05) is 32.0 Å². The molecule has 0 fully saturated rings. The lowest BCUT2D eigenvalue weighted by Crippen LogP contribution is -2.41. The van der Waals surface area contributed by atoms with Crippen molar-refractivity contribution in [3.63, 3.8) is 0 Å². The molecule has 0 aliphatic carbocycles. The number of benzene rings is 2. The molecule has 2 aromatic carbocycles. The number of aliphatic imine (C=N–C) groups is 1. The molecule has 3 N–H and O–H groups in total. The minimum Gasteiger partial charge on any atom is -0.491 e. The molecule has 0 heterocycles. The maximum atomic E-state index is 13.2. The number of guanidine groups is 1. The summed E-state index contributed by atoms with van der Waals surface area (Å²) in [5.74, 6) is 0.549. The Labute approximate surface area is 176 Å². The number of carbonyl (C=O) groups excluding carboxylic acids is 1. The zero-order chi connectivity index (χ0) is 21.8. The van der Waals surface area contributed by atoms with Gasteiger partial charge in [-0.15, -0.1) is 0 Å². The van der Waals surface area contributed by atoms with Crippen molar-refractivity contribution in [3.05, 3.63) is 59.4 Å². The van der Waals surface area contributed by atoms with Crippen molar-refractivity contribution >= 4 is 17.6 Å². The van der Waals surface area contributed by atoms with Crippen molar-refractivity contribution < 1.29 is 18.7 Å². The number of rotatable bonds is 10. The smallest absolute Gasteiger partial charge is 0.243 e. The van der Waals surface area contributed by atoms with Crippen LogP contribution in [-0.4, -0.2) is 45.3 Å². The van der Waals surface area contributed by atoms with E-state index in [0.29, 0.717) is 38.0 Å². The summed E-state index contributed by atoms with van der Waals surface area (Å²) in [5.41, 5.74) is 2.42. The Balaban J connectivity index is 1.97. The number of nitrogens with zero attached hydrogens (tertiary/aromatic N) is 1. The zero-order valence-corrected chi connectivity index (χ0v) is 17.6. The Bertz CT molecular complexity index is 858. The van der Waals surface area contributed by atoms with Gasteiger partial charge < -0.3 is 25.4 Å². The van der Waals surface area contributed by atoms with Crippen LogP contribution in [0.3, 0.4) is 0 Å². The average molecular weight is 416 g/mol. The van der Waals surface area contributed by atoms with Crippen LogP contribution < -0.4 is 20.7 Å². The van der Waals surface area contributed by atoms with Gasteiger partial charge in [-0.2, -0.15) is 0 Å². The van der Waals surface area contributed by atoms with Crippen molar-refractivity contribution in [2.24, 2.45) is 4.99 Å². The van der Waals surface area contributed by atoms with E-state index in [0.717, 1.165) is 16.9 Å². The molecule has 1 amide bonds. The third kappa shape index (κ3) is 8.08. The summed E-state index contributed by atoms with van der Waals surface area (Å²) in [7, 11) is 1.63. The number of nitrogens with one attached hydrogen (secondary N) is 3. The minimum absolute atomic E-state index is 0.00651. The summed E-state index contributed by atoms with van der Waals surface area (Å²) < 4.78 is 24.1. The molecule has 0 atom stereocenters. The van der Waals surface area contributed by atoms with Crippen LogP contribution in [0, 0.1) is 12.7 Å². The van der Waals surface area contributed by atoms with Gasteiger partial charge in [-0.25, -0.2) is 9.38 Å². The standard InChI is InChI=1S/C22H29FN4O3/c1-4-24-22(26-15-21(28)27-19-7-5-6-18(23)13-19)25-14-17-9-8-16(2)12-20(17)30-11-10-29-3/h5-9,12-13H,4,10-11,14-15H2,1-3H3,(H,27,28)(H2,24,25,26). The van der Waals surface area contributed by atoms with Crippen molar-refractivity contribution in [1.82, 2.24) is 10.6 Å². The highest BCUT2D eigenvalue weighted by molar-refractivity contribution is 5.94. The first-order valence-corrected chi connectivity index (χ1v) is 9.80. The lowest BCUT2D eigenvalue weighted by Gasteiger charge is -2.13. The van der Waals surface area contributed by atoms with E-state index in [1.165, 1.54) is 18.2 Å². The second-order valence-corrected chi connectivity index (χ2v) is 6.56. The number of hydrogen-bond donors (Lipinski definition) is 3. The molecule has 162 valence electrons. The number of hydrogen-bond acceptors (Lipinski definition) is 4. The first-order valence-electron chi connectivity index (χ1n) is 9.80. The number of ether oxygens (including phenoxy) is 2. The molecule has 0 saturated carbocycles. The number of methoxy groups -OCH3 is 1. The summed E-state index contributed by atoms with van der Waals surface area (Å²) in [6, 6.07) is 11.7. The molecule has 0 radical (unpaired) electrons. The molecule has 0 saturated heterocycles. The fourth-order valence-electron chi connectivity index (χ4n) is 2.60. The van der Waals surface area contributed by atoms with E-state index in [9.17, 15) is 9.18 Å². The number of amides is 1. The highest BCUT2D eigenvalue weighted by Crippen LogP contribution is 2.21. The van der Waals surface area contributed by atoms with Gasteiger partial charge in [0, 0.05) is 24.9 Å². The molecule has 30 heavy (non-hydrogen) atoms. The van der Waals surface area contributed by atoms with Crippen molar-refractivity contribution in [3.8, 4) is 5.75 Å². The van der Waals surface area contributed by atoms with E-state index < -0.39 is 5.82 Å². The highest BCUT2D eigenvalue weighted by atomic mass is 19.1. The van der Waals surface area contributed by atoms with Gasteiger partial charge in [-0.3, -0.25) is 4.79 Å². The summed E-state index contributed by atoms with van der Waals surface area (Å²) in [6.07, 6.45) is 0. The second-order valence-electron chi connectivity index (χ2n) is 6.56. The summed E-state index contributed by atoms with van der Waals surface area (Å²) in [4.78, 5) is 16.7. The molecule has 0 aliphatic rings.